The van der Waals surface area contributed by atoms with E-state index in [4.69, 9.17) is 92.8 Å². The van der Waals surface area contributed by atoms with Crippen LogP contribution >= 0.6 is 92.8 Å². The van der Waals surface area contributed by atoms with E-state index in [9.17, 15) is 0 Å². The summed E-state index contributed by atoms with van der Waals surface area (Å²) in [6.07, 6.45) is 0. The maximum absolute atomic E-state index is 5.58. The number of halogens is 8. The Balaban J connectivity index is 0.000000364. The first-order chi connectivity index (χ1) is 9.22. The predicted octanol–water partition coefficient (Wildman–Crippen LogP) is 8.20. The van der Waals surface area contributed by atoms with Crippen LogP contribution in [0.1, 0.15) is 0 Å². The molecule has 0 N–H and O–H groups in total. The fourth-order valence-electron chi connectivity index (χ4n) is 0.907. The summed E-state index contributed by atoms with van der Waals surface area (Å²) in [5.74, 6) is 0. The molecule has 0 atom stereocenters. The summed E-state index contributed by atoms with van der Waals surface area (Å²) in [7, 11) is 0. The van der Waals surface area contributed by atoms with Crippen molar-refractivity contribution in [1.82, 2.24) is 0 Å². The Hall–Kier alpha value is 1.28. The summed E-state index contributed by atoms with van der Waals surface area (Å²) in [5.41, 5.74) is 0. The molecule has 0 saturated carbocycles. The third-order valence-electron chi connectivity index (χ3n) is 1.78. The molecule has 2 rings (SSSR count). The fourth-order valence-corrected chi connectivity index (χ4v) is 2.34. The van der Waals surface area contributed by atoms with Gasteiger partial charge in [0.15, 0.2) is 0 Å². The molecule has 2 aromatic rings. The van der Waals surface area contributed by atoms with E-state index in [1.807, 2.05) is 0 Å². The van der Waals surface area contributed by atoms with Crippen LogP contribution in [0.5, 0.6) is 0 Å². The molecular weight excluding hydrogens is 491 g/mol. The van der Waals surface area contributed by atoms with Gasteiger partial charge in [0, 0.05) is 0 Å². The summed E-state index contributed by atoms with van der Waals surface area (Å²) in [4.78, 5) is 0. The molecule has 0 unspecified atom stereocenters. The van der Waals surface area contributed by atoms with Crippen molar-refractivity contribution in [3.8, 4) is 0 Å². The van der Waals surface area contributed by atoms with Crippen LogP contribution in [0.25, 0.3) is 0 Å². The van der Waals surface area contributed by atoms with Gasteiger partial charge in [0.25, 0.3) is 0 Å². The van der Waals surface area contributed by atoms with Gasteiger partial charge < -0.3 is 0 Å². The van der Waals surface area contributed by atoms with E-state index in [2.05, 4.69) is 12.1 Å². The van der Waals surface area contributed by atoms with Crippen LogP contribution in [0.3, 0.4) is 0 Å². The van der Waals surface area contributed by atoms with Crippen molar-refractivity contribution in [2.24, 2.45) is 0 Å². The Labute approximate surface area is 173 Å². The summed E-state index contributed by atoms with van der Waals surface area (Å²) in [5, 5.41) is 2.58. The van der Waals surface area contributed by atoms with Gasteiger partial charge in [-0.3, -0.25) is 0 Å². The molecule has 0 spiro atoms. The van der Waals surface area contributed by atoms with Crippen LogP contribution in [0.2, 0.25) is 40.2 Å². The van der Waals surface area contributed by atoms with Crippen molar-refractivity contribution >= 4 is 92.8 Å². The van der Waals surface area contributed by atoms with Crippen molar-refractivity contribution < 1.29 is 17.1 Å². The van der Waals surface area contributed by atoms with Gasteiger partial charge in [-0.15, -0.1) is 70.7 Å². The molecule has 0 aliphatic rings. The van der Waals surface area contributed by atoms with Crippen molar-refractivity contribution in [2.75, 3.05) is 0 Å². The quantitative estimate of drug-likeness (QED) is 0.197. The van der Waals surface area contributed by atoms with E-state index < -0.39 is 0 Å². The first-order valence-corrected chi connectivity index (χ1v) is 7.69. The van der Waals surface area contributed by atoms with Gasteiger partial charge in [0.2, 0.25) is 0 Å². The predicted molar refractivity (Wildman–Crippen MR) is 90.6 cm³/mol. The second-order valence-electron chi connectivity index (χ2n) is 3.19. The Kier molecular flexibility index (Phi) is 10.8. The van der Waals surface area contributed by atoms with E-state index in [0.29, 0.717) is 20.1 Å². The minimum atomic E-state index is 0. The standard InChI is InChI=1S/2C6HCl4.Cu/c2*7-3-1-4(8)6(10)2-5(3)9;/h2*1H;/q2*-1;+2. The number of benzene rings is 2. The van der Waals surface area contributed by atoms with Crippen molar-refractivity contribution in [1.29, 1.82) is 0 Å². The zero-order valence-electron chi connectivity index (χ0n) is 9.48. The first-order valence-electron chi connectivity index (χ1n) is 4.67. The number of hydrogen-bond acceptors (Lipinski definition) is 0. The van der Waals surface area contributed by atoms with Crippen LogP contribution in [0.4, 0.5) is 0 Å². The summed E-state index contributed by atoms with van der Waals surface area (Å²) in [6.45, 7) is 0. The molecule has 0 fully saturated rings. The van der Waals surface area contributed by atoms with Crippen molar-refractivity contribution in [2.45, 2.75) is 0 Å². The maximum atomic E-state index is 5.58. The van der Waals surface area contributed by atoms with Crippen LogP contribution < -0.4 is 0 Å². The third kappa shape index (κ3) is 7.14. The van der Waals surface area contributed by atoms with Crippen LogP contribution in [0.15, 0.2) is 12.1 Å². The number of rotatable bonds is 0. The van der Waals surface area contributed by atoms with E-state index >= 15 is 0 Å². The SMILES string of the molecule is Clc1[c-]c(Cl)c(Cl)cc1Cl.Clc1[c-]c(Cl)c(Cl)cc1Cl.[Cu+2]. The molecule has 0 saturated heterocycles. The van der Waals surface area contributed by atoms with Crippen molar-refractivity contribution in [3.63, 3.8) is 0 Å². The molecule has 0 amide bonds. The van der Waals surface area contributed by atoms with Crippen molar-refractivity contribution in [3.05, 3.63) is 64.4 Å². The summed E-state index contributed by atoms with van der Waals surface area (Å²) >= 11 is 44.5. The first kappa shape index (κ1) is 22.3. The van der Waals surface area contributed by atoms with E-state index in [0.717, 1.165) is 0 Å². The molecule has 0 aliphatic heterocycles. The Morgan fingerprint density at radius 1 is 0.476 bits per heavy atom. The molecular formula is C12H2Cl8Cu. The van der Waals surface area contributed by atoms with Gasteiger partial charge in [-0.2, -0.15) is 46.4 Å². The van der Waals surface area contributed by atoms with E-state index in [1.54, 1.807) is 0 Å². The van der Waals surface area contributed by atoms with Crippen LogP contribution in [-0.2, 0) is 17.1 Å². The fraction of sp³-hybridized carbons (Fsp3) is 0. The minimum absolute atomic E-state index is 0. The molecule has 0 aliphatic carbocycles. The molecule has 0 bridgehead atoms. The zero-order valence-corrected chi connectivity index (χ0v) is 16.5. The molecule has 0 heterocycles. The van der Waals surface area contributed by atoms with Gasteiger partial charge in [-0.05, 0) is 0 Å². The van der Waals surface area contributed by atoms with Gasteiger partial charge in [-0.1, -0.05) is 40.2 Å². The average Bonchev–Trinajstić information content (AvgIpc) is 2.35. The molecule has 2 aromatic carbocycles. The zero-order chi connectivity index (χ0) is 15.4. The summed E-state index contributed by atoms with van der Waals surface area (Å²) in [6, 6.07) is 8.10. The van der Waals surface area contributed by atoms with Crippen LogP contribution in [-0.4, -0.2) is 0 Å². The topological polar surface area (TPSA) is 0 Å². The third-order valence-corrected chi connectivity index (χ3v) is 4.56. The van der Waals surface area contributed by atoms with E-state index in [-0.39, 0.29) is 37.2 Å². The van der Waals surface area contributed by atoms with Gasteiger partial charge >= 0.3 is 17.1 Å². The smallest absolute Gasteiger partial charge is 0.165 e. The molecule has 0 nitrogen and oxygen atoms in total. The maximum Gasteiger partial charge on any atom is 2.00 e. The molecule has 117 valence electrons. The summed E-state index contributed by atoms with van der Waals surface area (Å²) < 4.78 is 0. The molecule has 0 aromatic heterocycles. The molecule has 21 heavy (non-hydrogen) atoms. The molecule has 9 heteroatoms. The largest absolute Gasteiger partial charge is 2.00 e. The molecule has 1 radical (unpaired) electrons. The van der Waals surface area contributed by atoms with E-state index in [1.165, 1.54) is 12.1 Å². The Bertz CT molecular complexity index is 473. The average molecular weight is 493 g/mol. The monoisotopic (exact) mass is 489 g/mol. The Morgan fingerprint density at radius 2 is 0.667 bits per heavy atom. The van der Waals surface area contributed by atoms with Gasteiger partial charge in [-0.25, -0.2) is 0 Å². The Morgan fingerprint density at radius 3 is 0.810 bits per heavy atom. The van der Waals surface area contributed by atoms with Crippen LogP contribution in [0, 0.1) is 12.1 Å². The minimum Gasteiger partial charge on any atom is -0.165 e. The van der Waals surface area contributed by atoms with Gasteiger partial charge in [0.1, 0.15) is 0 Å². The van der Waals surface area contributed by atoms with Gasteiger partial charge in [0.05, 0.1) is 0 Å². The number of hydrogen-bond donors (Lipinski definition) is 0. The normalized spacial score (nSPS) is 9.52. The second-order valence-corrected chi connectivity index (χ2v) is 6.33. The second kappa shape index (κ2) is 10.2.